The van der Waals surface area contributed by atoms with Crippen LogP contribution in [0.3, 0.4) is 0 Å². The van der Waals surface area contributed by atoms with Crippen molar-refractivity contribution in [3.63, 3.8) is 0 Å². The molecule has 2 atom stereocenters. The van der Waals surface area contributed by atoms with Crippen LogP contribution in [-0.4, -0.2) is 36.6 Å². The van der Waals surface area contributed by atoms with Crippen LogP contribution in [0.2, 0.25) is 0 Å². The second-order valence-corrected chi connectivity index (χ2v) is 9.24. The van der Waals surface area contributed by atoms with Gasteiger partial charge in [0.15, 0.2) is 6.54 Å². The Morgan fingerprint density at radius 1 is 1.28 bits per heavy atom. The number of ether oxygens (including phenoxy) is 1. The van der Waals surface area contributed by atoms with Crippen molar-refractivity contribution in [3.8, 4) is 0 Å². The molecule has 0 bridgehead atoms. The van der Waals surface area contributed by atoms with Crippen molar-refractivity contribution in [1.29, 1.82) is 0 Å². The molecule has 4 rings (SSSR count). The van der Waals surface area contributed by atoms with Gasteiger partial charge in [-0.2, -0.15) is 0 Å². The number of esters is 1. The van der Waals surface area contributed by atoms with Crippen LogP contribution in [0.15, 0.2) is 18.3 Å². The van der Waals surface area contributed by atoms with E-state index in [1.807, 2.05) is 0 Å². The van der Waals surface area contributed by atoms with E-state index in [2.05, 4.69) is 35.3 Å². The summed E-state index contributed by atoms with van der Waals surface area (Å²) in [7, 11) is 3.47. The molecule has 2 aromatic rings. The van der Waals surface area contributed by atoms with E-state index in [0.717, 1.165) is 50.6 Å². The van der Waals surface area contributed by atoms with E-state index in [4.69, 9.17) is 4.74 Å². The predicted molar refractivity (Wildman–Crippen MR) is 114 cm³/mol. The Morgan fingerprint density at radius 2 is 2.10 bits per heavy atom. The van der Waals surface area contributed by atoms with Gasteiger partial charge in [0.2, 0.25) is 0 Å². The molecule has 1 fully saturated rings. The first-order valence-electron chi connectivity index (χ1n) is 10.6. The molecular formula is C22H30N3O3S+. The molecule has 29 heavy (non-hydrogen) atoms. The van der Waals surface area contributed by atoms with Gasteiger partial charge in [0.1, 0.15) is 11.0 Å². The molecule has 1 aliphatic carbocycles. The number of aromatic nitrogens is 1. The number of anilines is 1. The zero-order valence-electron chi connectivity index (χ0n) is 17.3. The van der Waals surface area contributed by atoms with Gasteiger partial charge in [-0.3, -0.25) is 4.79 Å². The van der Waals surface area contributed by atoms with Crippen LogP contribution in [-0.2, 0) is 29.4 Å². The number of quaternary nitrogens is 1. The first-order chi connectivity index (χ1) is 14.1. The molecule has 1 aliphatic heterocycles. The number of carbonyl (C=O) groups excluding carboxylic acids is 2. The lowest BCUT2D eigenvalue weighted by Crippen LogP contribution is -3.11. The zero-order chi connectivity index (χ0) is 20.4. The molecule has 1 amide bonds. The van der Waals surface area contributed by atoms with Gasteiger partial charge < -0.3 is 19.5 Å². The summed E-state index contributed by atoms with van der Waals surface area (Å²) in [6.45, 7) is 1.41. The molecule has 0 aromatic carbocycles. The largest absolute Gasteiger partial charge is 0.465 e. The first-order valence-corrected chi connectivity index (χ1v) is 11.4. The van der Waals surface area contributed by atoms with Gasteiger partial charge in [0, 0.05) is 31.0 Å². The summed E-state index contributed by atoms with van der Waals surface area (Å²) in [6.07, 6.45) is 9.55. The smallest absolute Gasteiger partial charge is 0.341 e. The van der Waals surface area contributed by atoms with E-state index in [1.54, 1.807) is 11.3 Å². The number of hydrogen-bond acceptors (Lipinski definition) is 4. The summed E-state index contributed by atoms with van der Waals surface area (Å²) in [6, 6.07) is 4.56. The zero-order valence-corrected chi connectivity index (χ0v) is 18.1. The highest BCUT2D eigenvalue weighted by atomic mass is 32.1. The van der Waals surface area contributed by atoms with E-state index in [-0.39, 0.29) is 11.9 Å². The number of aryl methyl sites for hydroxylation is 2. The van der Waals surface area contributed by atoms with Crippen molar-refractivity contribution in [2.75, 3.05) is 25.5 Å². The summed E-state index contributed by atoms with van der Waals surface area (Å²) >= 11 is 1.56. The number of methoxy groups -OCH3 is 1. The van der Waals surface area contributed by atoms with Gasteiger partial charge in [-0.05, 0) is 43.4 Å². The minimum Gasteiger partial charge on any atom is -0.465 e. The maximum atomic E-state index is 12.9. The molecule has 3 heterocycles. The van der Waals surface area contributed by atoms with Crippen molar-refractivity contribution in [2.24, 2.45) is 7.05 Å². The fourth-order valence-electron chi connectivity index (χ4n) is 4.84. The van der Waals surface area contributed by atoms with E-state index in [0.29, 0.717) is 23.2 Å². The number of carbonyl (C=O) groups is 2. The Hall–Kier alpha value is -2.12. The van der Waals surface area contributed by atoms with Crippen molar-refractivity contribution in [2.45, 2.75) is 51.0 Å². The number of nitrogens with zero attached hydrogens (tertiary/aromatic N) is 1. The van der Waals surface area contributed by atoms with Gasteiger partial charge in [-0.15, -0.1) is 11.3 Å². The van der Waals surface area contributed by atoms with Gasteiger partial charge in [0.25, 0.3) is 5.91 Å². The Kier molecular flexibility index (Phi) is 6.06. The number of hydrogen-bond donors (Lipinski definition) is 2. The summed E-state index contributed by atoms with van der Waals surface area (Å²) in [4.78, 5) is 27.9. The van der Waals surface area contributed by atoms with E-state index >= 15 is 0 Å². The standard InChI is InChI=1S/C22H29N3O3S/c1-24-12-6-9-16(24)17-10-7-13-25(17)14-19(26)23-21-20(22(27)28-2)15-8-4-3-5-11-18(15)29-21/h6,9,12,17H,3-5,7-8,10-11,13-14H2,1-2H3,(H,23,26)/p+1/t17-/m0/s1. The highest BCUT2D eigenvalue weighted by molar-refractivity contribution is 7.17. The van der Waals surface area contributed by atoms with Gasteiger partial charge >= 0.3 is 5.97 Å². The average Bonchev–Trinajstić information content (AvgIpc) is 3.36. The van der Waals surface area contributed by atoms with E-state index < -0.39 is 0 Å². The minimum atomic E-state index is -0.338. The topological polar surface area (TPSA) is 64.8 Å². The number of thiophene rings is 1. The molecule has 156 valence electrons. The third-order valence-electron chi connectivity index (χ3n) is 6.28. The lowest BCUT2D eigenvalue weighted by atomic mass is 10.1. The first kappa shape index (κ1) is 20.2. The molecule has 2 N–H and O–H groups in total. The fraction of sp³-hybridized carbons (Fsp3) is 0.545. The second kappa shape index (κ2) is 8.71. The Bertz CT molecular complexity index is 901. The lowest BCUT2D eigenvalue weighted by molar-refractivity contribution is -0.910. The number of fused-ring (bicyclic) bond motifs is 1. The third-order valence-corrected chi connectivity index (χ3v) is 7.48. The van der Waals surface area contributed by atoms with Gasteiger partial charge in [0.05, 0.1) is 24.9 Å². The number of likely N-dealkylation sites (tertiary alicyclic amines) is 1. The van der Waals surface area contributed by atoms with Gasteiger partial charge in [-0.25, -0.2) is 4.79 Å². The van der Waals surface area contributed by atoms with Crippen molar-refractivity contribution in [3.05, 3.63) is 40.0 Å². The number of nitrogens with one attached hydrogen (secondary N) is 2. The SMILES string of the molecule is COC(=O)c1c(NC(=O)C[NH+]2CCC[C@H]2c2cccn2C)sc2c1CCCCC2. The molecule has 1 unspecified atom stereocenters. The normalized spacial score (nSPS) is 21.4. The van der Waals surface area contributed by atoms with Crippen LogP contribution in [0, 0.1) is 0 Å². The maximum absolute atomic E-state index is 12.9. The van der Waals surface area contributed by atoms with Crippen LogP contribution in [0.25, 0.3) is 0 Å². The number of rotatable bonds is 5. The van der Waals surface area contributed by atoms with Gasteiger partial charge in [-0.1, -0.05) is 6.42 Å². The molecule has 0 saturated carbocycles. The van der Waals surface area contributed by atoms with Crippen LogP contribution in [0.1, 0.15) is 64.6 Å². The minimum absolute atomic E-state index is 0.0253. The molecule has 2 aromatic heterocycles. The average molecular weight is 417 g/mol. The highest BCUT2D eigenvalue weighted by Gasteiger charge is 2.34. The van der Waals surface area contributed by atoms with E-state index in [9.17, 15) is 9.59 Å². The Morgan fingerprint density at radius 3 is 2.86 bits per heavy atom. The molecule has 2 aliphatic rings. The second-order valence-electron chi connectivity index (χ2n) is 8.13. The molecule has 6 nitrogen and oxygen atoms in total. The summed E-state index contributed by atoms with van der Waals surface area (Å²) in [5.74, 6) is -0.363. The Labute approximate surface area is 175 Å². The van der Waals surface area contributed by atoms with Crippen LogP contribution < -0.4 is 10.2 Å². The predicted octanol–water partition coefficient (Wildman–Crippen LogP) is 2.50. The maximum Gasteiger partial charge on any atom is 0.341 e. The third kappa shape index (κ3) is 4.12. The molecule has 7 heteroatoms. The molecular weight excluding hydrogens is 386 g/mol. The van der Waals surface area contributed by atoms with E-state index in [1.165, 1.54) is 29.0 Å². The highest BCUT2D eigenvalue weighted by Crippen LogP contribution is 2.37. The monoisotopic (exact) mass is 416 g/mol. The van der Waals surface area contributed by atoms with Crippen molar-refractivity contribution < 1.29 is 19.2 Å². The Balaban J connectivity index is 1.51. The van der Waals surface area contributed by atoms with Crippen LogP contribution in [0.5, 0.6) is 0 Å². The summed E-state index contributed by atoms with van der Waals surface area (Å²) in [5.41, 5.74) is 2.95. The molecule has 0 spiro atoms. The summed E-state index contributed by atoms with van der Waals surface area (Å²) in [5, 5.41) is 3.73. The molecule has 0 radical (unpaired) electrons. The quantitative estimate of drug-likeness (QED) is 0.581. The van der Waals surface area contributed by atoms with Crippen LogP contribution >= 0.6 is 11.3 Å². The summed E-state index contributed by atoms with van der Waals surface area (Å²) < 4.78 is 7.20. The number of amides is 1. The van der Waals surface area contributed by atoms with Crippen molar-refractivity contribution in [1.82, 2.24) is 4.57 Å². The lowest BCUT2D eigenvalue weighted by Gasteiger charge is -2.21. The van der Waals surface area contributed by atoms with Crippen LogP contribution in [0.4, 0.5) is 5.00 Å². The fourth-order valence-corrected chi connectivity index (χ4v) is 6.14. The molecule has 1 saturated heterocycles. The van der Waals surface area contributed by atoms with Crippen molar-refractivity contribution >= 4 is 28.2 Å².